The number of hydrogen-bond acceptors (Lipinski definition) is 4. The molecule has 0 atom stereocenters. The van der Waals surface area contributed by atoms with Crippen molar-refractivity contribution in [3.05, 3.63) is 103 Å². The van der Waals surface area contributed by atoms with Crippen molar-refractivity contribution in [3.63, 3.8) is 0 Å². The number of nitrogens with zero attached hydrogens (tertiary/aromatic N) is 3. The molecule has 5 nitrogen and oxygen atoms in total. The number of nitrogens with one attached hydrogen (secondary N) is 2. The van der Waals surface area contributed by atoms with E-state index in [1.807, 2.05) is 6.20 Å². The Kier molecular flexibility index (Phi) is 6.34. The van der Waals surface area contributed by atoms with Gasteiger partial charge in [0.15, 0.2) is 0 Å². The number of aliphatic imine (C=N–C) groups is 3. The largest absolute Gasteiger partial charge is 0.361 e. The molecule has 7 rings (SSSR count). The Morgan fingerprint density at radius 1 is 0.643 bits per heavy atom. The van der Waals surface area contributed by atoms with Crippen LogP contribution in [0.1, 0.15) is 72.9 Å². The summed E-state index contributed by atoms with van der Waals surface area (Å²) in [5.41, 5.74) is 15.9. The zero-order valence-corrected chi connectivity index (χ0v) is 25.4. The fraction of sp³-hybridized carbons (Fsp3) is 0.270. The standard InChI is InChI=1S/C37H37N5/c1-7-22-20(5)29-16-33-24(9-3)25(10-4)34(41-33)17-30-21(6)23(8-2)32(40-30)19-36-37-26-12-11-15-38-28(26)14-13-27(37)35(42-36)18-31(22)39-29/h11-19,38,42H,7-10H2,1-6H3. The molecule has 0 radical (unpaired) electrons. The number of benzene rings is 1. The smallest absolute Gasteiger partial charge is 0.0694 e. The van der Waals surface area contributed by atoms with Gasteiger partial charge in [-0.3, -0.25) is 0 Å². The number of H-pyrrole nitrogens is 1. The lowest BCUT2D eigenvalue weighted by atomic mass is 9.97. The van der Waals surface area contributed by atoms with Crippen molar-refractivity contribution in [2.45, 2.75) is 67.2 Å². The predicted molar refractivity (Wildman–Crippen MR) is 179 cm³/mol. The van der Waals surface area contributed by atoms with Crippen LogP contribution in [0.3, 0.4) is 0 Å². The fourth-order valence-electron chi connectivity index (χ4n) is 7.01. The van der Waals surface area contributed by atoms with E-state index in [1.54, 1.807) is 0 Å². The zero-order chi connectivity index (χ0) is 29.1. The quantitative estimate of drug-likeness (QED) is 0.401. The van der Waals surface area contributed by atoms with Gasteiger partial charge < -0.3 is 10.3 Å². The Morgan fingerprint density at radius 3 is 2.07 bits per heavy atom. The normalized spacial score (nSPS) is 19.2. The van der Waals surface area contributed by atoms with Crippen molar-refractivity contribution < 1.29 is 0 Å². The van der Waals surface area contributed by atoms with E-state index in [2.05, 4.69) is 100 Å². The molecule has 42 heavy (non-hydrogen) atoms. The molecule has 8 bridgehead atoms. The second kappa shape index (κ2) is 10.1. The molecule has 2 N–H and O–H groups in total. The second-order valence-corrected chi connectivity index (χ2v) is 11.4. The van der Waals surface area contributed by atoms with E-state index in [1.165, 1.54) is 49.4 Å². The Hall–Kier alpha value is -4.51. The van der Waals surface area contributed by atoms with Crippen molar-refractivity contribution in [1.29, 1.82) is 0 Å². The Labute approximate surface area is 247 Å². The third kappa shape index (κ3) is 3.94. The molecule has 210 valence electrons. The van der Waals surface area contributed by atoms with E-state index >= 15 is 0 Å². The minimum absolute atomic E-state index is 0.915. The van der Waals surface area contributed by atoms with Crippen molar-refractivity contribution in [3.8, 4) is 0 Å². The first-order valence-electron chi connectivity index (χ1n) is 15.3. The van der Waals surface area contributed by atoms with Gasteiger partial charge in [0, 0.05) is 38.9 Å². The molecule has 0 spiro atoms. The van der Waals surface area contributed by atoms with Gasteiger partial charge in [-0.15, -0.1) is 0 Å². The Morgan fingerprint density at radius 2 is 1.31 bits per heavy atom. The van der Waals surface area contributed by atoms with Crippen LogP contribution in [0.2, 0.25) is 0 Å². The van der Waals surface area contributed by atoms with E-state index < -0.39 is 0 Å². The predicted octanol–water partition coefficient (Wildman–Crippen LogP) is 7.72. The molecule has 1 aromatic carbocycles. The van der Waals surface area contributed by atoms with Crippen LogP contribution in [0.4, 0.5) is 5.69 Å². The van der Waals surface area contributed by atoms with Crippen molar-refractivity contribution in [1.82, 2.24) is 4.98 Å². The van der Waals surface area contributed by atoms with Gasteiger partial charge >= 0.3 is 0 Å². The lowest BCUT2D eigenvalue weighted by molar-refractivity contribution is 1.05. The summed E-state index contributed by atoms with van der Waals surface area (Å²) < 4.78 is 0. The SMILES string of the molecule is CCC1=C(C)C2=NC1=Cc1[nH]c(c3ccc4c(c13)=CC=CN4)=CC1=NC(=CC3=NC(=C2)C(CC)=C3CC)C(C)=C1CC. The Balaban J connectivity index is 1.60. The van der Waals surface area contributed by atoms with E-state index in [4.69, 9.17) is 15.0 Å². The summed E-state index contributed by atoms with van der Waals surface area (Å²) in [5, 5.41) is 8.06. The van der Waals surface area contributed by atoms with E-state index in [-0.39, 0.29) is 0 Å². The first-order valence-corrected chi connectivity index (χ1v) is 15.3. The van der Waals surface area contributed by atoms with Crippen LogP contribution in [-0.2, 0) is 0 Å². The molecule has 5 aliphatic heterocycles. The molecule has 0 unspecified atom stereocenters. The molecular weight excluding hydrogens is 514 g/mol. The molecule has 0 aliphatic carbocycles. The second-order valence-electron chi connectivity index (χ2n) is 11.4. The van der Waals surface area contributed by atoms with Gasteiger partial charge in [-0.05, 0) is 109 Å². The van der Waals surface area contributed by atoms with E-state index in [0.29, 0.717) is 0 Å². The van der Waals surface area contributed by atoms with Gasteiger partial charge in [-0.1, -0.05) is 39.8 Å². The lowest BCUT2D eigenvalue weighted by Crippen LogP contribution is -2.13. The number of hydrogen-bond donors (Lipinski definition) is 2. The van der Waals surface area contributed by atoms with Crippen LogP contribution < -0.4 is 15.9 Å². The summed E-state index contributed by atoms with van der Waals surface area (Å²) in [6.45, 7) is 13.3. The molecule has 1 aromatic heterocycles. The molecule has 6 heterocycles. The molecule has 0 fully saturated rings. The first-order chi connectivity index (χ1) is 20.4. The van der Waals surface area contributed by atoms with Crippen molar-refractivity contribution >= 4 is 51.8 Å². The van der Waals surface area contributed by atoms with Crippen molar-refractivity contribution in [2.24, 2.45) is 15.0 Å². The highest BCUT2D eigenvalue weighted by molar-refractivity contribution is 6.25. The number of anilines is 1. The summed E-state index contributed by atoms with van der Waals surface area (Å²) in [7, 11) is 0. The molecule has 5 aliphatic rings. The van der Waals surface area contributed by atoms with Gasteiger partial charge in [-0.25, -0.2) is 15.0 Å². The highest BCUT2D eigenvalue weighted by Crippen LogP contribution is 2.36. The van der Waals surface area contributed by atoms with Gasteiger partial charge in [0.25, 0.3) is 0 Å². The zero-order valence-electron chi connectivity index (χ0n) is 25.4. The van der Waals surface area contributed by atoms with Crippen molar-refractivity contribution in [2.75, 3.05) is 5.32 Å². The molecule has 0 saturated carbocycles. The van der Waals surface area contributed by atoms with Gasteiger partial charge in [0.05, 0.1) is 34.2 Å². The first kappa shape index (κ1) is 26.4. The highest BCUT2D eigenvalue weighted by atomic mass is 14.9. The average Bonchev–Trinajstić information content (AvgIpc) is 3.70. The fourth-order valence-corrected chi connectivity index (χ4v) is 7.01. The lowest BCUT2D eigenvalue weighted by Gasteiger charge is -2.08. The number of aromatic nitrogens is 1. The number of fused-ring (bicyclic) bond motifs is 10. The third-order valence-electron chi connectivity index (χ3n) is 9.19. The number of aromatic amines is 1. The maximum absolute atomic E-state index is 5.24. The third-order valence-corrected chi connectivity index (χ3v) is 9.19. The molecule has 2 aromatic rings. The average molecular weight is 552 g/mol. The van der Waals surface area contributed by atoms with Crippen LogP contribution in [-0.4, -0.2) is 22.1 Å². The maximum atomic E-state index is 5.24. The summed E-state index contributed by atoms with van der Waals surface area (Å²) >= 11 is 0. The van der Waals surface area contributed by atoms with E-state index in [9.17, 15) is 0 Å². The summed E-state index contributed by atoms with van der Waals surface area (Å²) in [5.74, 6) is 0. The minimum Gasteiger partial charge on any atom is -0.361 e. The summed E-state index contributed by atoms with van der Waals surface area (Å²) in [6, 6.07) is 4.39. The Bertz CT molecular complexity index is 2040. The number of rotatable bonds is 4. The summed E-state index contributed by atoms with van der Waals surface area (Å²) in [4.78, 5) is 19.5. The molecule has 0 saturated heterocycles. The highest BCUT2D eigenvalue weighted by Gasteiger charge is 2.26. The topological polar surface area (TPSA) is 64.9 Å². The van der Waals surface area contributed by atoms with Crippen LogP contribution in [0.25, 0.3) is 29.0 Å². The number of allylic oxidation sites excluding steroid dienone is 9. The van der Waals surface area contributed by atoms with Gasteiger partial charge in [-0.2, -0.15) is 0 Å². The molecule has 5 heteroatoms. The van der Waals surface area contributed by atoms with Gasteiger partial charge in [0.1, 0.15) is 0 Å². The molecule has 0 amide bonds. The summed E-state index contributed by atoms with van der Waals surface area (Å²) in [6.07, 6.45) is 18.8. The van der Waals surface area contributed by atoms with Gasteiger partial charge in [0.2, 0.25) is 0 Å². The van der Waals surface area contributed by atoms with Crippen LogP contribution >= 0.6 is 0 Å². The maximum Gasteiger partial charge on any atom is 0.0694 e. The van der Waals surface area contributed by atoms with Crippen LogP contribution in [0, 0.1) is 0 Å². The van der Waals surface area contributed by atoms with Crippen LogP contribution in [0.5, 0.6) is 0 Å². The van der Waals surface area contributed by atoms with Crippen LogP contribution in [0.15, 0.2) is 102 Å². The monoisotopic (exact) mass is 551 g/mol. The minimum atomic E-state index is 0.915. The molecular formula is C37H37N5. The van der Waals surface area contributed by atoms with E-state index in [0.717, 1.165) is 76.6 Å².